The van der Waals surface area contributed by atoms with E-state index in [0.717, 1.165) is 22.6 Å². The van der Waals surface area contributed by atoms with Crippen molar-refractivity contribution in [2.45, 2.75) is 34.1 Å². The minimum Gasteiger partial charge on any atom is -0.457 e. The number of aryl methyl sites for hydroxylation is 3. The van der Waals surface area contributed by atoms with Gasteiger partial charge >= 0.3 is 0 Å². The Bertz CT molecular complexity index is 1170. The lowest BCUT2D eigenvalue weighted by molar-refractivity contribution is -0.122. The molecule has 3 aromatic rings. The highest BCUT2D eigenvalue weighted by Gasteiger charge is 2.35. The zero-order valence-corrected chi connectivity index (χ0v) is 18.9. The Morgan fingerprint density at radius 2 is 1.69 bits per heavy atom. The summed E-state index contributed by atoms with van der Waals surface area (Å²) < 4.78 is 5.98. The molecule has 1 atom stereocenters. The van der Waals surface area contributed by atoms with Crippen molar-refractivity contribution in [2.24, 2.45) is 5.92 Å². The predicted octanol–water partition coefficient (Wildman–Crippen LogP) is 5.70. The molecule has 0 aliphatic carbocycles. The minimum atomic E-state index is -0.380. The zero-order chi connectivity index (χ0) is 22.8. The van der Waals surface area contributed by atoms with Crippen molar-refractivity contribution in [2.75, 3.05) is 16.8 Å². The van der Waals surface area contributed by atoms with Crippen LogP contribution in [0, 0.1) is 33.6 Å². The maximum absolute atomic E-state index is 12.8. The number of nitrogens with zero attached hydrogens (tertiary/aromatic N) is 1. The Balaban J connectivity index is 1.39. The van der Waals surface area contributed by atoms with Crippen LogP contribution in [0.1, 0.15) is 28.7 Å². The normalized spacial score (nSPS) is 15.7. The highest BCUT2D eigenvalue weighted by Crippen LogP contribution is 2.29. The van der Waals surface area contributed by atoms with Gasteiger partial charge in [-0.1, -0.05) is 18.2 Å². The molecule has 1 saturated heterocycles. The molecule has 0 saturated carbocycles. The number of rotatable bonds is 5. The van der Waals surface area contributed by atoms with Gasteiger partial charge in [-0.3, -0.25) is 9.59 Å². The summed E-state index contributed by atoms with van der Waals surface area (Å²) in [6, 6.07) is 19.2. The van der Waals surface area contributed by atoms with E-state index in [1.165, 1.54) is 11.1 Å². The first-order chi connectivity index (χ1) is 15.3. The summed E-state index contributed by atoms with van der Waals surface area (Å²) in [5.74, 6) is 0.972. The van der Waals surface area contributed by atoms with Crippen LogP contribution in [0.3, 0.4) is 0 Å². The van der Waals surface area contributed by atoms with Crippen LogP contribution in [0.15, 0.2) is 60.7 Å². The molecule has 0 bridgehead atoms. The monoisotopic (exact) mass is 428 g/mol. The van der Waals surface area contributed by atoms with Gasteiger partial charge in [0.1, 0.15) is 11.5 Å². The fourth-order valence-electron chi connectivity index (χ4n) is 3.84. The molecule has 164 valence electrons. The highest BCUT2D eigenvalue weighted by atomic mass is 16.5. The number of nitrogens with one attached hydrogen (secondary N) is 1. The van der Waals surface area contributed by atoms with Crippen molar-refractivity contribution < 1.29 is 14.3 Å². The number of ether oxygens (including phenoxy) is 1. The van der Waals surface area contributed by atoms with E-state index in [-0.39, 0.29) is 24.2 Å². The van der Waals surface area contributed by atoms with Gasteiger partial charge < -0.3 is 15.0 Å². The summed E-state index contributed by atoms with van der Waals surface area (Å²) in [5, 5.41) is 2.94. The summed E-state index contributed by atoms with van der Waals surface area (Å²) in [4.78, 5) is 27.0. The summed E-state index contributed by atoms with van der Waals surface area (Å²) in [5.41, 5.74) is 6.12. The van der Waals surface area contributed by atoms with Crippen molar-refractivity contribution in [3.05, 3.63) is 82.9 Å². The standard InChI is InChI=1S/C27H28N2O3/c1-17-8-11-23(14-19(17)3)29-16-21(15-26(29)30)27(31)28-22-9-12-24(13-10-22)32-25-7-5-6-18(2)20(25)4/h5-14,21H,15-16H2,1-4H3,(H,28,31)/t21-/m0/s1. The largest absolute Gasteiger partial charge is 0.457 e. The number of carbonyl (C=O) groups is 2. The molecule has 1 N–H and O–H groups in total. The van der Waals surface area contributed by atoms with Crippen molar-refractivity contribution in [1.82, 2.24) is 0 Å². The van der Waals surface area contributed by atoms with Gasteiger partial charge in [-0.05, 0) is 92.4 Å². The Labute approximate surface area is 189 Å². The molecule has 1 aliphatic heterocycles. The van der Waals surface area contributed by atoms with Crippen LogP contribution in [0.5, 0.6) is 11.5 Å². The molecule has 5 heteroatoms. The third-order valence-electron chi connectivity index (χ3n) is 6.20. The van der Waals surface area contributed by atoms with Gasteiger partial charge in [0, 0.05) is 24.3 Å². The van der Waals surface area contributed by atoms with Gasteiger partial charge in [0.05, 0.1) is 5.92 Å². The molecular weight excluding hydrogens is 400 g/mol. The van der Waals surface area contributed by atoms with Crippen molar-refractivity contribution in [3.63, 3.8) is 0 Å². The maximum atomic E-state index is 12.8. The Morgan fingerprint density at radius 1 is 0.938 bits per heavy atom. The van der Waals surface area contributed by atoms with Gasteiger partial charge in [0.15, 0.2) is 0 Å². The minimum absolute atomic E-state index is 0.0225. The molecule has 1 aliphatic rings. The van der Waals surface area contributed by atoms with Crippen LogP contribution >= 0.6 is 0 Å². The van der Waals surface area contributed by atoms with Gasteiger partial charge in [0.25, 0.3) is 0 Å². The Hall–Kier alpha value is -3.60. The van der Waals surface area contributed by atoms with E-state index in [9.17, 15) is 9.59 Å². The summed E-state index contributed by atoms with van der Waals surface area (Å²) in [6.07, 6.45) is 0.215. The lowest BCUT2D eigenvalue weighted by atomic mass is 10.1. The van der Waals surface area contributed by atoms with E-state index in [4.69, 9.17) is 4.74 Å². The highest BCUT2D eigenvalue weighted by molar-refractivity contribution is 6.03. The summed E-state index contributed by atoms with van der Waals surface area (Å²) in [6.45, 7) is 8.54. The molecule has 32 heavy (non-hydrogen) atoms. The third-order valence-corrected chi connectivity index (χ3v) is 6.20. The molecule has 0 unspecified atom stereocenters. The second-order valence-corrected chi connectivity index (χ2v) is 8.49. The van der Waals surface area contributed by atoms with E-state index in [1.54, 1.807) is 4.90 Å². The first-order valence-electron chi connectivity index (χ1n) is 10.8. The van der Waals surface area contributed by atoms with Crippen LogP contribution < -0.4 is 15.0 Å². The second kappa shape index (κ2) is 8.87. The molecule has 4 rings (SSSR count). The van der Waals surface area contributed by atoms with Gasteiger partial charge in [0.2, 0.25) is 11.8 Å². The average molecular weight is 429 g/mol. The Kier molecular flexibility index (Phi) is 5.99. The predicted molar refractivity (Wildman–Crippen MR) is 127 cm³/mol. The molecule has 5 nitrogen and oxygen atoms in total. The number of hydrogen-bond donors (Lipinski definition) is 1. The van der Waals surface area contributed by atoms with Crippen molar-refractivity contribution in [3.8, 4) is 11.5 Å². The van der Waals surface area contributed by atoms with E-state index < -0.39 is 0 Å². The van der Waals surface area contributed by atoms with Crippen LogP contribution in [0.2, 0.25) is 0 Å². The van der Waals surface area contributed by atoms with Crippen molar-refractivity contribution >= 4 is 23.2 Å². The molecule has 0 radical (unpaired) electrons. The number of benzene rings is 3. The van der Waals surface area contributed by atoms with Crippen LogP contribution in [0.4, 0.5) is 11.4 Å². The quantitative estimate of drug-likeness (QED) is 0.567. The Morgan fingerprint density at radius 3 is 2.41 bits per heavy atom. The lowest BCUT2D eigenvalue weighted by Gasteiger charge is -2.18. The second-order valence-electron chi connectivity index (χ2n) is 8.49. The summed E-state index contributed by atoms with van der Waals surface area (Å²) in [7, 11) is 0. The van der Waals surface area contributed by atoms with Crippen LogP contribution in [-0.4, -0.2) is 18.4 Å². The number of hydrogen-bond acceptors (Lipinski definition) is 3. The first-order valence-corrected chi connectivity index (χ1v) is 10.8. The zero-order valence-electron chi connectivity index (χ0n) is 18.9. The fraction of sp³-hybridized carbons (Fsp3) is 0.259. The number of amides is 2. The van der Waals surface area contributed by atoms with Crippen LogP contribution in [0.25, 0.3) is 0 Å². The third kappa shape index (κ3) is 4.52. The summed E-state index contributed by atoms with van der Waals surface area (Å²) >= 11 is 0. The molecule has 0 aromatic heterocycles. The van der Waals surface area contributed by atoms with Gasteiger partial charge in [-0.25, -0.2) is 0 Å². The maximum Gasteiger partial charge on any atom is 0.229 e. The van der Waals surface area contributed by atoms with Crippen molar-refractivity contribution in [1.29, 1.82) is 0 Å². The SMILES string of the molecule is Cc1ccc(N2C[C@@H](C(=O)Nc3ccc(Oc4cccc(C)c4C)cc3)CC2=O)cc1C. The molecule has 2 amide bonds. The smallest absolute Gasteiger partial charge is 0.229 e. The van der Waals surface area contributed by atoms with E-state index >= 15 is 0 Å². The molecular formula is C27H28N2O3. The number of anilines is 2. The number of carbonyl (C=O) groups excluding carboxylic acids is 2. The molecule has 3 aromatic carbocycles. The van der Waals surface area contributed by atoms with E-state index in [1.807, 2.05) is 75.4 Å². The van der Waals surface area contributed by atoms with Gasteiger partial charge in [-0.15, -0.1) is 0 Å². The van der Waals surface area contributed by atoms with Gasteiger partial charge in [-0.2, -0.15) is 0 Å². The molecule has 1 fully saturated rings. The topological polar surface area (TPSA) is 58.6 Å². The van der Waals surface area contributed by atoms with E-state index in [2.05, 4.69) is 18.3 Å². The van der Waals surface area contributed by atoms with E-state index in [0.29, 0.717) is 18.0 Å². The average Bonchev–Trinajstić information content (AvgIpc) is 3.16. The lowest BCUT2D eigenvalue weighted by Crippen LogP contribution is -2.28. The molecule has 0 spiro atoms. The first kappa shape index (κ1) is 21.6. The fourth-order valence-corrected chi connectivity index (χ4v) is 3.84. The van der Waals surface area contributed by atoms with Crippen LogP contribution in [-0.2, 0) is 9.59 Å². The molecule has 1 heterocycles.